The van der Waals surface area contributed by atoms with E-state index >= 15 is 0 Å². The number of nitrogens with one attached hydrogen (secondary N) is 1. The van der Waals surface area contributed by atoms with Crippen molar-refractivity contribution in [3.8, 4) is 11.8 Å². The van der Waals surface area contributed by atoms with Gasteiger partial charge < -0.3 is 10.4 Å². The fourth-order valence-electron chi connectivity index (χ4n) is 1.73. The van der Waals surface area contributed by atoms with Crippen LogP contribution in [-0.2, 0) is 13.6 Å². The molecular formula is C15H14FN3O2. The number of aliphatic hydroxyl groups excluding tert-OH is 1. The number of aromatic nitrogens is 2. The van der Waals surface area contributed by atoms with Crippen LogP contribution in [0.3, 0.4) is 0 Å². The zero-order valence-corrected chi connectivity index (χ0v) is 11.4. The third-order valence-electron chi connectivity index (χ3n) is 2.74. The van der Waals surface area contributed by atoms with Crippen LogP contribution < -0.4 is 5.32 Å². The Balaban J connectivity index is 2.07. The smallest absolute Gasteiger partial charge is 0.272 e. The average Bonchev–Trinajstić information content (AvgIpc) is 2.91. The number of benzene rings is 1. The van der Waals surface area contributed by atoms with Crippen LogP contribution in [0.25, 0.3) is 0 Å². The SMILES string of the molecule is Cn1ccc(C(=O)NCc2cc(C#CCO)ccc2F)n1. The van der Waals surface area contributed by atoms with E-state index in [4.69, 9.17) is 5.11 Å². The van der Waals surface area contributed by atoms with E-state index in [0.717, 1.165) is 0 Å². The monoisotopic (exact) mass is 287 g/mol. The molecule has 0 unspecified atom stereocenters. The Morgan fingerprint density at radius 3 is 2.95 bits per heavy atom. The van der Waals surface area contributed by atoms with Gasteiger partial charge in [-0.25, -0.2) is 4.39 Å². The van der Waals surface area contributed by atoms with Gasteiger partial charge in [-0.3, -0.25) is 9.48 Å². The fraction of sp³-hybridized carbons (Fsp3) is 0.200. The summed E-state index contributed by atoms with van der Waals surface area (Å²) < 4.78 is 15.2. The molecule has 0 radical (unpaired) electrons. The van der Waals surface area contributed by atoms with E-state index in [2.05, 4.69) is 22.3 Å². The summed E-state index contributed by atoms with van der Waals surface area (Å²) in [5, 5.41) is 15.2. The Morgan fingerprint density at radius 1 is 1.48 bits per heavy atom. The van der Waals surface area contributed by atoms with Gasteiger partial charge in [-0.1, -0.05) is 11.8 Å². The lowest BCUT2D eigenvalue weighted by Crippen LogP contribution is -2.24. The minimum atomic E-state index is -0.425. The van der Waals surface area contributed by atoms with Crippen LogP contribution in [0.5, 0.6) is 0 Å². The van der Waals surface area contributed by atoms with Crippen molar-refractivity contribution in [1.29, 1.82) is 0 Å². The maximum atomic E-state index is 13.7. The van der Waals surface area contributed by atoms with Gasteiger partial charge in [0.1, 0.15) is 18.1 Å². The molecule has 6 heteroatoms. The van der Waals surface area contributed by atoms with E-state index in [-0.39, 0.29) is 24.8 Å². The number of halogens is 1. The summed E-state index contributed by atoms with van der Waals surface area (Å²) in [6.45, 7) is -0.223. The summed E-state index contributed by atoms with van der Waals surface area (Å²) in [6.07, 6.45) is 1.65. The van der Waals surface area contributed by atoms with Crippen molar-refractivity contribution in [2.45, 2.75) is 6.54 Å². The average molecular weight is 287 g/mol. The molecule has 1 amide bonds. The van der Waals surface area contributed by atoms with E-state index in [9.17, 15) is 9.18 Å². The third kappa shape index (κ3) is 3.91. The molecule has 2 N–H and O–H groups in total. The number of aliphatic hydroxyl groups is 1. The first kappa shape index (κ1) is 14.8. The molecule has 0 aliphatic carbocycles. The van der Waals surface area contributed by atoms with E-state index in [0.29, 0.717) is 11.1 Å². The minimum Gasteiger partial charge on any atom is -0.384 e. The van der Waals surface area contributed by atoms with E-state index < -0.39 is 5.82 Å². The number of amides is 1. The molecule has 0 aliphatic rings. The minimum absolute atomic E-state index is 0.0376. The number of aryl methyl sites for hydroxylation is 1. The van der Waals surface area contributed by atoms with Crippen LogP contribution in [0.4, 0.5) is 4.39 Å². The third-order valence-corrected chi connectivity index (χ3v) is 2.74. The molecule has 1 aromatic heterocycles. The Kier molecular flexibility index (Phi) is 4.69. The van der Waals surface area contributed by atoms with Crippen LogP contribution >= 0.6 is 0 Å². The predicted octanol–water partition coefficient (Wildman–Crippen LogP) is 0.833. The van der Waals surface area contributed by atoms with Gasteiger partial charge in [-0.05, 0) is 24.3 Å². The molecule has 0 aliphatic heterocycles. The summed E-state index contributed by atoms with van der Waals surface area (Å²) >= 11 is 0. The molecule has 0 fully saturated rings. The molecule has 1 aromatic carbocycles. The van der Waals surface area contributed by atoms with E-state index in [1.165, 1.54) is 22.9 Å². The zero-order valence-electron chi connectivity index (χ0n) is 11.4. The first-order valence-electron chi connectivity index (χ1n) is 6.26. The molecule has 0 saturated carbocycles. The van der Waals surface area contributed by atoms with Crippen molar-refractivity contribution < 1.29 is 14.3 Å². The lowest BCUT2D eigenvalue weighted by Gasteiger charge is -2.05. The number of nitrogens with zero attached hydrogens (tertiary/aromatic N) is 2. The molecule has 0 spiro atoms. The second kappa shape index (κ2) is 6.68. The van der Waals surface area contributed by atoms with Crippen molar-refractivity contribution >= 4 is 5.91 Å². The normalized spacial score (nSPS) is 9.86. The van der Waals surface area contributed by atoms with E-state index in [1.807, 2.05) is 0 Å². The Morgan fingerprint density at radius 2 is 2.29 bits per heavy atom. The molecule has 108 valence electrons. The molecule has 2 aromatic rings. The van der Waals surface area contributed by atoms with Crippen LogP contribution in [0.15, 0.2) is 30.5 Å². The largest absolute Gasteiger partial charge is 0.384 e. The molecule has 2 rings (SSSR count). The number of hydrogen-bond donors (Lipinski definition) is 2. The number of hydrogen-bond acceptors (Lipinski definition) is 3. The summed E-state index contributed by atoms with van der Waals surface area (Å²) in [4.78, 5) is 11.8. The number of carbonyl (C=O) groups is 1. The Bertz CT molecular complexity index is 713. The van der Waals surface area contributed by atoms with Gasteiger partial charge in [-0.2, -0.15) is 5.10 Å². The summed E-state index contributed by atoms with van der Waals surface area (Å²) in [7, 11) is 1.71. The number of carbonyl (C=O) groups excluding carboxylic acids is 1. The van der Waals surface area contributed by atoms with Gasteiger partial charge in [-0.15, -0.1) is 0 Å². The molecule has 1 heterocycles. The maximum absolute atomic E-state index is 13.7. The summed E-state index contributed by atoms with van der Waals surface area (Å²) in [5.41, 5.74) is 1.17. The van der Waals surface area contributed by atoms with Gasteiger partial charge in [0.2, 0.25) is 0 Å². The van der Waals surface area contributed by atoms with Gasteiger partial charge in [0.25, 0.3) is 5.91 Å². The lowest BCUT2D eigenvalue weighted by molar-refractivity contribution is 0.0945. The highest BCUT2D eigenvalue weighted by Gasteiger charge is 2.10. The van der Waals surface area contributed by atoms with Crippen molar-refractivity contribution in [3.05, 3.63) is 53.1 Å². The van der Waals surface area contributed by atoms with Crippen LogP contribution in [-0.4, -0.2) is 27.4 Å². The standard InChI is InChI=1S/C15H14FN3O2/c1-19-7-6-14(18-19)15(21)17-10-12-9-11(3-2-8-20)4-5-13(12)16/h4-7,9,20H,8,10H2,1H3,(H,17,21). The molecule has 5 nitrogen and oxygen atoms in total. The van der Waals surface area contributed by atoms with Gasteiger partial charge >= 0.3 is 0 Å². The summed E-state index contributed by atoms with van der Waals surface area (Å²) in [6, 6.07) is 5.91. The van der Waals surface area contributed by atoms with Crippen molar-refractivity contribution in [2.75, 3.05) is 6.61 Å². The fourth-order valence-corrected chi connectivity index (χ4v) is 1.73. The van der Waals surface area contributed by atoms with Crippen molar-refractivity contribution in [2.24, 2.45) is 7.05 Å². The molecule has 0 atom stereocenters. The first-order chi connectivity index (χ1) is 10.1. The Hall–Kier alpha value is -2.65. The summed E-state index contributed by atoms with van der Waals surface area (Å²) in [5.74, 6) is 4.38. The number of rotatable bonds is 3. The quantitative estimate of drug-likeness (QED) is 0.822. The Labute approximate surface area is 121 Å². The van der Waals surface area contributed by atoms with Crippen molar-refractivity contribution in [1.82, 2.24) is 15.1 Å². The maximum Gasteiger partial charge on any atom is 0.272 e. The van der Waals surface area contributed by atoms with Crippen molar-refractivity contribution in [3.63, 3.8) is 0 Å². The molecular weight excluding hydrogens is 273 g/mol. The zero-order chi connectivity index (χ0) is 15.2. The second-order valence-electron chi connectivity index (χ2n) is 4.32. The molecule has 21 heavy (non-hydrogen) atoms. The van der Waals surface area contributed by atoms with Crippen LogP contribution in [0.1, 0.15) is 21.6 Å². The molecule has 0 saturated heterocycles. The highest BCUT2D eigenvalue weighted by atomic mass is 19.1. The first-order valence-corrected chi connectivity index (χ1v) is 6.26. The van der Waals surface area contributed by atoms with Crippen LogP contribution in [0.2, 0.25) is 0 Å². The van der Waals surface area contributed by atoms with Crippen LogP contribution in [0, 0.1) is 17.7 Å². The highest BCUT2D eigenvalue weighted by molar-refractivity contribution is 5.92. The molecule has 0 bridgehead atoms. The van der Waals surface area contributed by atoms with Gasteiger partial charge in [0.05, 0.1) is 0 Å². The van der Waals surface area contributed by atoms with Gasteiger partial charge in [0, 0.05) is 30.9 Å². The van der Waals surface area contributed by atoms with Gasteiger partial charge in [0.15, 0.2) is 0 Å². The topological polar surface area (TPSA) is 67.2 Å². The predicted molar refractivity (Wildman–Crippen MR) is 74.7 cm³/mol. The lowest BCUT2D eigenvalue weighted by atomic mass is 10.1. The highest BCUT2D eigenvalue weighted by Crippen LogP contribution is 2.10. The van der Waals surface area contributed by atoms with E-state index in [1.54, 1.807) is 19.3 Å². The second-order valence-corrected chi connectivity index (χ2v) is 4.32.